The Balaban J connectivity index is 1.14. The highest BCUT2D eigenvalue weighted by Gasteiger charge is 2.76. The van der Waals surface area contributed by atoms with Crippen LogP contribution in [0, 0.1) is 5.41 Å². The van der Waals surface area contributed by atoms with E-state index in [1.807, 2.05) is 109 Å². The van der Waals surface area contributed by atoms with Gasteiger partial charge in [0.2, 0.25) is 17.6 Å². The molecule has 0 aromatic heterocycles. The smallest absolute Gasteiger partial charge is 0.327 e. The number of phenolic OH excluding ortho intramolecular Hbond substituents is 1. The number of para-hydroxylation sites is 1. The molecule has 0 radical (unpaired) electrons. The first kappa shape index (κ1) is 36.6. The molecule has 4 N–H and O–H groups in total. The van der Waals surface area contributed by atoms with E-state index >= 15 is 0 Å². The summed E-state index contributed by atoms with van der Waals surface area (Å²) in [6.07, 6.45) is 1.11. The van der Waals surface area contributed by atoms with Crippen molar-refractivity contribution in [2.45, 2.75) is 62.1 Å². The van der Waals surface area contributed by atoms with Gasteiger partial charge in [0.15, 0.2) is 6.04 Å². The molecule has 1 saturated carbocycles. The predicted molar refractivity (Wildman–Crippen MR) is 200 cm³/mol. The number of benzene rings is 4. The third-order valence-electron chi connectivity index (χ3n) is 11.0. The van der Waals surface area contributed by atoms with E-state index in [2.05, 4.69) is 10.6 Å². The lowest BCUT2D eigenvalue weighted by Gasteiger charge is -2.48. The Bertz CT molecular complexity index is 2020. The fourth-order valence-electron chi connectivity index (χ4n) is 8.43. The molecule has 8 rings (SSSR count). The summed E-state index contributed by atoms with van der Waals surface area (Å²) in [6.45, 7) is 0.0465. The van der Waals surface area contributed by atoms with Crippen LogP contribution in [0.15, 0.2) is 115 Å². The van der Waals surface area contributed by atoms with Crippen molar-refractivity contribution in [1.82, 2.24) is 15.7 Å². The fourth-order valence-corrected chi connectivity index (χ4v) is 8.43. The number of hydroxylamine groups is 2. The van der Waals surface area contributed by atoms with Crippen molar-refractivity contribution in [3.63, 3.8) is 0 Å². The lowest BCUT2D eigenvalue weighted by molar-refractivity contribution is -0.213. The van der Waals surface area contributed by atoms with E-state index in [0.717, 1.165) is 27.8 Å². The van der Waals surface area contributed by atoms with Crippen molar-refractivity contribution in [3.05, 3.63) is 143 Å². The third-order valence-corrected chi connectivity index (χ3v) is 11.0. The van der Waals surface area contributed by atoms with Crippen LogP contribution in [0.25, 0.3) is 6.08 Å². The normalized spacial score (nSPS) is 26.3. The Morgan fingerprint density at radius 2 is 1.47 bits per heavy atom. The van der Waals surface area contributed by atoms with E-state index < -0.39 is 53.5 Å². The van der Waals surface area contributed by atoms with Crippen LogP contribution in [-0.4, -0.2) is 83.2 Å². The first-order chi connectivity index (χ1) is 26.8. The number of aliphatic hydroxyl groups excluding tert-OH is 1. The largest absolute Gasteiger partial charge is 0.508 e. The second-order valence-corrected chi connectivity index (χ2v) is 14.3. The summed E-state index contributed by atoms with van der Waals surface area (Å²) >= 11 is 0. The van der Waals surface area contributed by atoms with Crippen molar-refractivity contribution in [2.24, 2.45) is 5.41 Å². The molecule has 55 heavy (non-hydrogen) atoms. The summed E-state index contributed by atoms with van der Waals surface area (Å²) in [5.74, 6) is -2.55. The van der Waals surface area contributed by atoms with E-state index in [1.54, 1.807) is 17.2 Å². The molecule has 3 aliphatic heterocycles. The molecule has 284 valence electrons. The van der Waals surface area contributed by atoms with Gasteiger partial charge in [-0.05, 0) is 29.2 Å². The summed E-state index contributed by atoms with van der Waals surface area (Å²) in [4.78, 5) is 48.1. The summed E-state index contributed by atoms with van der Waals surface area (Å²) in [6, 6.07) is 32.8. The maximum Gasteiger partial charge on any atom is 0.327 e. The number of carbonyl (C=O) groups is 3. The number of allylic oxidation sites excluding steroid dienone is 1. The number of ether oxygens (including phenoxy) is 3. The predicted octanol–water partition coefficient (Wildman–Crippen LogP) is 3.75. The maximum absolute atomic E-state index is 14.7. The lowest BCUT2D eigenvalue weighted by Crippen LogP contribution is -2.69. The van der Waals surface area contributed by atoms with Gasteiger partial charge in [-0.15, -0.1) is 0 Å². The molecule has 12 nitrogen and oxygen atoms in total. The molecule has 3 heterocycles. The van der Waals surface area contributed by atoms with Crippen LogP contribution in [-0.2, 0) is 52.2 Å². The van der Waals surface area contributed by atoms with Crippen LogP contribution in [0.5, 0.6) is 5.75 Å². The minimum absolute atomic E-state index is 0.00498. The van der Waals surface area contributed by atoms with Crippen molar-refractivity contribution < 1.29 is 43.6 Å². The SMILES string of the molecule is O=C(CCNC(=O)[C@@]12C[C@H]3OC(=O)[C@@H]1N(Cc1ccccc1C=CCc1ccccc1O)O[C@@H]2[C@H]1OC(c2ccccc2)(c2ccccc2)O[C@H]13)NCCO. The van der Waals surface area contributed by atoms with Crippen molar-refractivity contribution in [2.75, 3.05) is 19.7 Å². The number of nitrogens with zero attached hydrogens (tertiary/aromatic N) is 1. The standard InChI is InChI=1S/C43H43N3O9/c47-25-24-44-35(49)22-23-45-41(51)42-26-34-36-37(54-43(53-36,31-17-3-1-4-18-31)32-19-5-2-6-20-32)39(42)55-46(38(42)40(50)52-34)27-30-14-8-7-12-28(30)15-11-16-29-13-9-10-21-33(29)48/h1-15,17-21,34,36-39,47-48H,16,22-27H2,(H,44,49)(H,45,51)/t34-,36+,37+,38+,39-,42+/m1/s1. The number of nitrogens with one attached hydrogen (secondary N) is 2. The number of hydrogen-bond acceptors (Lipinski definition) is 10. The zero-order chi connectivity index (χ0) is 38.0. The van der Waals surface area contributed by atoms with Gasteiger partial charge in [0.05, 0.1) is 13.2 Å². The van der Waals surface area contributed by atoms with Crippen LogP contribution in [0.3, 0.4) is 0 Å². The molecule has 12 heteroatoms. The molecular formula is C43H43N3O9. The summed E-state index contributed by atoms with van der Waals surface area (Å²) < 4.78 is 20.1. The number of amides is 2. The third kappa shape index (κ3) is 6.70. The summed E-state index contributed by atoms with van der Waals surface area (Å²) in [5, 5.41) is 26.5. The molecule has 3 saturated heterocycles. The van der Waals surface area contributed by atoms with Crippen LogP contribution >= 0.6 is 0 Å². The molecular weight excluding hydrogens is 702 g/mol. The average molecular weight is 746 g/mol. The van der Waals surface area contributed by atoms with E-state index in [0.29, 0.717) is 6.42 Å². The number of esters is 1. The fraction of sp³-hybridized carbons (Fsp3) is 0.326. The first-order valence-corrected chi connectivity index (χ1v) is 18.6. The molecule has 4 aromatic carbocycles. The van der Waals surface area contributed by atoms with Crippen LogP contribution < -0.4 is 10.6 Å². The molecule has 2 amide bonds. The van der Waals surface area contributed by atoms with Crippen molar-refractivity contribution in [3.8, 4) is 5.75 Å². The zero-order valence-corrected chi connectivity index (χ0v) is 30.1. The van der Waals surface area contributed by atoms with Crippen LogP contribution in [0.4, 0.5) is 0 Å². The minimum Gasteiger partial charge on any atom is -0.508 e. The lowest BCUT2D eigenvalue weighted by atomic mass is 9.62. The molecule has 1 aliphatic carbocycles. The second-order valence-electron chi connectivity index (χ2n) is 14.3. The van der Waals surface area contributed by atoms with E-state index in [1.165, 1.54) is 0 Å². The van der Waals surface area contributed by atoms with Crippen LogP contribution in [0.2, 0.25) is 0 Å². The Morgan fingerprint density at radius 1 is 0.818 bits per heavy atom. The molecule has 4 fully saturated rings. The highest BCUT2D eigenvalue weighted by Crippen LogP contribution is 2.59. The van der Waals surface area contributed by atoms with Gasteiger partial charge < -0.3 is 35.1 Å². The number of rotatable bonds is 13. The highest BCUT2D eigenvalue weighted by atomic mass is 16.8. The van der Waals surface area contributed by atoms with Crippen LogP contribution in [0.1, 0.15) is 40.7 Å². The molecule has 4 aromatic rings. The zero-order valence-electron chi connectivity index (χ0n) is 30.1. The van der Waals surface area contributed by atoms with Gasteiger partial charge in [-0.25, -0.2) is 0 Å². The minimum atomic E-state index is -1.45. The Hall–Kier alpha value is -5.37. The molecule has 6 atom stereocenters. The summed E-state index contributed by atoms with van der Waals surface area (Å²) in [7, 11) is 0. The molecule has 2 bridgehead atoms. The van der Waals surface area contributed by atoms with Gasteiger partial charge in [-0.1, -0.05) is 115 Å². The quantitative estimate of drug-likeness (QED) is 0.149. The molecule has 0 unspecified atom stereocenters. The monoisotopic (exact) mass is 745 g/mol. The number of aromatic hydroxyl groups is 1. The van der Waals surface area contributed by atoms with E-state index in [-0.39, 0.29) is 50.7 Å². The number of fused-ring (bicyclic) bond motifs is 4. The molecule has 4 aliphatic rings. The number of carbonyl (C=O) groups excluding carboxylic acids is 3. The topological polar surface area (TPSA) is 156 Å². The second kappa shape index (κ2) is 15.4. The van der Waals surface area contributed by atoms with Crippen molar-refractivity contribution >= 4 is 23.9 Å². The van der Waals surface area contributed by atoms with E-state index in [9.17, 15) is 19.5 Å². The average Bonchev–Trinajstić information content (AvgIpc) is 3.79. The van der Waals surface area contributed by atoms with E-state index in [4.69, 9.17) is 24.2 Å². The van der Waals surface area contributed by atoms with Crippen molar-refractivity contribution in [1.29, 1.82) is 0 Å². The maximum atomic E-state index is 14.7. The van der Waals surface area contributed by atoms with Gasteiger partial charge in [-0.3, -0.25) is 19.2 Å². The van der Waals surface area contributed by atoms with Gasteiger partial charge in [0.25, 0.3) is 0 Å². The Morgan fingerprint density at radius 3 is 2.18 bits per heavy atom. The van der Waals surface area contributed by atoms with Gasteiger partial charge in [-0.2, -0.15) is 5.06 Å². The Labute approximate surface area is 318 Å². The first-order valence-electron chi connectivity index (χ1n) is 18.6. The number of aliphatic hydroxyl groups is 1. The number of phenols is 1. The summed E-state index contributed by atoms with van der Waals surface area (Å²) in [5.41, 5.74) is 2.52. The van der Waals surface area contributed by atoms with Gasteiger partial charge >= 0.3 is 5.97 Å². The molecule has 0 spiro atoms. The highest BCUT2D eigenvalue weighted by molar-refractivity contribution is 5.94. The number of hydrogen-bond donors (Lipinski definition) is 4. The Kier molecular flexibility index (Phi) is 10.2. The van der Waals surface area contributed by atoms with Gasteiger partial charge in [0.1, 0.15) is 35.6 Å². The van der Waals surface area contributed by atoms with Gasteiger partial charge in [0, 0.05) is 37.1 Å².